The maximum atomic E-state index is 13.4. The standard InChI is InChI=1S/C25H24Cl2FN7O2/c1-13(23-17(26)7-29-8-18(23)27)37-15-2-3-19-16(6-15)24(33-32-19)25-30-20-10-35(11-21(20)31-25)22(36)12-34-5-4-14(28)9-34/h2-3,6-8,13-14H,4-5,9-12H2,1H3,(H,30,31)(H,32,33). The SMILES string of the molecule is CC(Oc1ccc2[nH]nc(-c3nc4c([nH]3)CN(C(=O)CN3CCC(F)C3)C4)c2c1)c1c(Cl)cncc1Cl. The van der Waals surface area contributed by atoms with Gasteiger partial charge in [0.15, 0.2) is 5.82 Å². The first kappa shape index (κ1) is 24.1. The van der Waals surface area contributed by atoms with Crippen LogP contribution in [0.3, 0.4) is 0 Å². The van der Waals surface area contributed by atoms with Crippen LogP contribution in [0.1, 0.15) is 36.4 Å². The average Bonchev–Trinajstić information content (AvgIpc) is 3.62. The van der Waals surface area contributed by atoms with E-state index in [0.29, 0.717) is 65.5 Å². The maximum Gasteiger partial charge on any atom is 0.237 e. The van der Waals surface area contributed by atoms with Gasteiger partial charge in [-0.05, 0) is 31.5 Å². The van der Waals surface area contributed by atoms with Gasteiger partial charge < -0.3 is 14.6 Å². The van der Waals surface area contributed by atoms with E-state index in [4.69, 9.17) is 32.9 Å². The summed E-state index contributed by atoms with van der Waals surface area (Å²) >= 11 is 12.6. The molecule has 2 unspecified atom stereocenters. The number of hydrogen-bond donors (Lipinski definition) is 2. The Morgan fingerprint density at radius 2 is 2.08 bits per heavy atom. The smallest absolute Gasteiger partial charge is 0.237 e. The van der Waals surface area contributed by atoms with Crippen LogP contribution in [0.4, 0.5) is 4.39 Å². The molecule has 6 rings (SSSR count). The van der Waals surface area contributed by atoms with Crippen molar-refractivity contribution in [2.24, 2.45) is 0 Å². The number of hydrogen-bond acceptors (Lipinski definition) is 6. The van der Waals surface area contributed by atoms with Crippen molar-refractivity contribution in [1.29, 1.82) is 0 Å². The number of nitrogens with one attached hydrogen (secondary N) is 2. The predicted octanol–water partition coefficient (Wildman–Crippen LogP) is 4.68. The fourth-order valence-electron chi connectivity index (χ4n) is 4.96. The lowest BCUT2D eigenvalue weighted by molar-refractivity contribution is -0.132. The molecule has 2 N–H and O–H groups in total. The van der Waals surface area contributed by atoms with E-state index < -0.39 is 12.3 Å². The number of rotatable bonds is 6. The predicted molar refractivity (Wildman–Crippen MR) is 137 cm³/mol. The number of imidazole rings is 1. The Morgan fingerprint density at radius 3 is 2.81 bits per heavy atom. The zero-order valence-corrected chi connectivity index (χ0v) is 21.5. The Morgan fingerprint density at radius 1 is 1.27 bits per heavy atom. The number of aromatic nitrogens is 5. The largest absolute Gasteiger partial charge is 0.486 e. The van der Waals surface area contributed by atoms with Crippen molar-refractivity contribution in [3.63, 3.8) is 0 Å². The van der Waals surface area contributed by atoms with E-state index in [1.54, 1.807) is 4.90 Å². The third-order valence-corrected chi connectivity index (χ3v) is 7.45. The molecule has 3 aromatic heterocycles. The molecule has 12 heteroatoms. The molecule has 1 saturated heterocycles. The van der Waals surface area contributed by atoms with Gasteiger partial charge in [-0.25, -0.2) is 9.37 Å². The first-order valence-electron chi connectivity index (χ1n) is 12.0. The normalized spacial score (nSPS) is 18.5. The molecule has 1 fully saturated rings. The van der Waals surface area contributed by atoms with Gasteiger partial charge in [0.05, 0.1) is 46.6 Å². The first-order chi connectivity index (χ1) is 17.9. The zero-order valence-electron chi connectivity index (χ0n) is 20.0. The average molecular weight is 544 g/mol. The quantitative estimate of drug-likeness (QED) is 0.366. The molecule has 2 atom stereocenters. The summed E-state index contributed by atoms with van der Waals surface area (Å²) in [5.74, 6) is 1.23. The van der Waals surface area contributed by atoms with Crippen LogP contribution >= 0.6 is 23.2 Å². The summed E-state index contributed by atoms with van der Waals surface area (Å²) < 4.78 is 19.6. The number of alkyl halides is 1. The van der Waals surface area contributed by atoms with Crippen LogP contribution < -0.4 is 4.74 Å². The van der Waals surface area contributed by atoms with Crippen molar-refractivity contribution in [1.82, 2.24) is 34.9 Å². The molecule has 1 aromatic carbocycles. The van der Waals surface area contributed by atoms with E-state index in [2.05, 4.69) is 20.2 Å². The minimum absolute atomic E-state index is 0.0161. The van der Waals surface area contributed by atoms with Gasteiger partial charge in [0.25, 0.3) is 0 Å². The molecular weight excluding hydrogens is 520 g/mol. The minimum Gasteiger partial charge on any atom is -0.486 e. The van der Waals surface area contributed by atoms with Gasteiger partial charge in [-0.2, -0.15) is 5.10 Å². The third kappa shape index (κ3) is 4.65. The summed E-state index contributed by atoms with van der Waals surface area (Å²) in [5.41, 5.74) is 3.85. The number of amides is 1. The van der Waals surface area contributed by atoms with Crippen molar-refractivity contribution in [2.45, 2.75) is 38.7 Å². The number of pyridine rings is 1. The van der Waals surface area contributed by atoms with E-state index in [1.165, 1.54) is 12.4 Å². The van der Waals surface area contributed by atoms with Crippen molar-refractivity contribution in [3.8, 4) is 17.3 Å². The van der Waals surface area contributed by atoms with Crippen molar-refractivity contribution in [3.05, 3.63) is 57.6 Å². The maximum absolute atomic E-state index is 13.4. The Bertz CT molecular complexity index is 1450. The number of aromatic amines is 2. The summed E-state index contributed by atoms with van der Waals surface area (Å²) in [6.07, 6.45) is 2.33. The highest BCUT2D eigenvalue weighted by molar-refractivity contribution is 6.35. The Balaban J connectivity index is 1.19. The number of likely N-dealkylation sites (tertiary alicyclic amines) is 1. The summed E-state index contributed by atoms with van der Waals surface area (Å²) in [6, 6.07) is 5.63. The third-order valence-electron chi connectivity index (χ3n) is 6.85. The van der Waals surface area contributed by atoms with Gasteiger partial charge in [0.1, 0.15) is 23.7 Å². The van der Waals surface area contributed by atoms with E-state index in [-0.39, 0.29) is 12.5 Å². The van der Waals surface area contributed by atoms with E-state index in [1.807, 2.05) is 30.0 Å². The topological polar surface area (TPSA) is 103 Å². The van der Waals surface area contributed by atoms with Crippen molar-refractivity contribution >= 4 is 40.0 Å². The Hall–Kier alpha value is -3.21. The van der Waals surface area contributed by atoms with E-state index >= 15 is 0 Å². The second kappa shape index (κ2) is 9.59. The summed E-state index contributed by atoms with van der Waals surface area (Å²) in [6.45, 7) is 3.91. The Kier molecular flexibility index (Phi) is 6.26. The van der Waals surface area contributed by atoms with Crippen LogP contribution in [-0.2, 0) is 17.9 Å². The molecule has 37 heavy (non-hydrogen) atoms. The molecule has 192 valence electrons. The first-order valence-corrected chi connectivity index (χ1v) is 12.8. The molecule has 0 saturated carbocycles. The molecule has 2 aliphatic heterocycles. The van der Waals surface area contributed by atoms with Crippen LogP contribution in [-0.4, -0.2) is 66.7 Å². The fourth-order valence-corrected chi connectivity index (χ4v) is 5.63. The summed E-state index contributed by atoms with van der Waals surface area (Å²) in [7, 11) is 0. The van der Waals surface area contributed by atoms with Crippen LogP contribution in [0.5, 0.6) is 5.75 Å². The number of carbonyl (C=O) groups excluding carboxylic acids is 1. The lowest BCUT2D eigenvalue weighted by Gasteiger charge is -2.20. The molecule has 4 aromatic rings. The van der Waals surface area contributed by atoms with Gasteiger partial charge in [0, 0.05) is 36.4 Å². The monoisotopic (exact) mass is 543 g/mol. The highest BCUT2D eigenvalue weighted by Crippen LogP contribution is 2.35. The number of H-pyrrole nitrogens is 2. The van der Waals surface area contributed by atoms with Crippen LogP contribution in [0.25, 0.3) is 22.4 Å². The number of ether oxygens (including phenoxy) is 1. The number of benzene rings is 1. The molecule has 0 spiro atoms. The molecule has 9 nitrogen and oxygen atoms in total. The van der Waals surface area contributed by atoms with Gasteiger partial charge in [-0.15, -0.1) is 0 Å². The number of nitrogens with zero attached hydrogens (tertiary/aromatic N) is 5. The minimum atomic E-state index is -0.840. The molecule has 0 radical (unpaired) electrons. The van der Waals surface area contributed by atoms with Gasteiger partial charge in [-0.1, -0.05) is 23.2 Å². The lowest BCUT2D eigenvalue weighted by atomic mass is 10.1. The molecular formula is C25H24Cl2FN7O2. The highest BCUT2D eigenvalue weighted by Gasteiger charge is 2.31. The van der Waals surface area contributed by atoms with Crippen LogP contribution in [0.2, 0.25) is 10.0 Å². The van der Waals surface area contributed by atoms with E-state index in [0.717, 1.165) is 22.3 Å². The van der Waals surface area contributed by atoms with Crippen LogP contribution in [0.15, 0.2) is 30.6 Å². The molecule has 1 amide bonds. The number of fused-ring (bicyclic) bond motifs is 2. The van der Waals surface area contributed by atoms with Crippen LogP contribution in [0, 0.1) is 0 Å². The highest BCUT2D eigenvalue weighted by atomic mass is 35.5. The van der Waals surface area contributed by atoms with E-state index in [9.17, 15) is 9.18 Å². The Labute approximate surface area is 221 Å². The van der Waals surface area contributed by atoms with Crippen molar-refractivity contribution in [2.75, 3.05) is 19.6 Å². The van der Waals surface area contributed by atoms with Gasteiger partial charge in [0.2, 0.25) is 5.91 Å². The molecule has 5 heterocycles. The lowest BCUT2D eigenvalue weighted by Crippen LogP contribution is -2.37. The molecule has 0 bridgehead atoms. The fraction of sp³-hybridized carbons (Fsp3) is 0.360. The summed E-state index contributed by atoms with van der Waals surface area (Å²) in [4.78, 5) is 28.4. The second-order valence-electron chi connectivity index (χ2n) is 9.44. The number of halogens is 3. The van der Waals surface area contributed by atoms with Gasteiger partial charge in [-0.3, -0.25) is 19.8 Å². The van der Waals surface area contributed by atoms with Crippen molar-refractivity contribution < 1.29 is 13.9 Å². The number of carbonyl (C=O) groups is 1. The van der Waals surface area contributed by atoms with Gasteiger partial charge >= 0.3 is 0 Å². The second-order valence-corrected chi connectivity index (χ2v) is 10.3. The molecule has 0 aliphatic carbocycles. The zero-order chi connectivity index (χ0) is 25.7. The summed E-state index contributed by atoms with van der Waals surface area (Å²) in [5, 5.41) is 9.22. The molecule has 2 aliphatic rings.